The number of aromatic nitrogens is 1. The van der Waals surface area contributed by atoms with Crippen molar-refractivity contribution in [3.63, 3.8) is 0 Å². The van der Waals surface area contributed by atoms with Gasteiger partial charge in [0.1, 0.15) is 4.32 Å². The average Bonchev–Trinajstić information content (AvgIpc) is 3.48. The third-order valence-corrected chi connectivity index (χ3v) is 8.72. The molecule has 186 valence electrons. The molecule has 3 fully saturated rings. The number of pyridine rings is 1. The van der Waals surface area contributed by atoms with Gasteiger partial charge in [-0.15, -0.1) is 0 Å². The third-order valence-electron chi connectivity index (χ3n) is 7.39. The summed E-state index contributed by atoms with van der Waals surface area (Å²) in [5.41, 5.74) is 2.28. The van der Waals surface area contributed by atoms with E-state index in [1.165, 1.54) is 11.8 Å². The highest BCUT2D eigenvalue weighted by molar-refractivity contribution is 8.26. The van der Waals surface area contributed by atoms with Gasteiger partial charge in [0.25, 0.3) is 11.5 Å². The Morgan fingerprint density at radius 2 is 1.83 bits per heavy atom. The van der Waals surface area contributed by atoms with Crippen LogP contribution in [0, 0.1) is 0 Å². The van der Waals surface area contributed by atoms with E-state index in [0.717, 1.165) is 68.5 Å². The first kappa shape index (κ1) is 24.5. The van der Waals surface area contributed by atoms with Gasteiger partial charge in [-0.2, -0.15) is 0 Å². The van der Waals surface area contributed by atoms with Crippen LogP contribution in [-0.2, 0) is 11.3 Å². The van der Waals surface area contributed by atoms with Gasteiger partial charge >= 0.3 is 0 Å². The molecule has 1 aromatic heterocycles. The molecule has 1 N–H and O–H groups in total. The van der Waals surface area contributed by atoms with Gasteiger partial charge in [-0.25, -0.2) is 0 Å². The molecule has 2 aliphatic heterocycles. The number of carbonyl (C=O) groups excluding carboxylic acids is 1. The normalized spacial score (nSPS) is 21.3. The van der Waals surface area contributed by atoms with Crippen LogP contribution in [0.5, 0.6) is 0 Å². The lowest BCUT2D eigenvalue weighted by Gasteiger charge is -2.37. The lowest BCUT2D eigenvalue weighted by atomic mass is 10.0. The summed E-state index contributed by atoms with van der Waals surface area (Å²) in [6, 6.07) is 8.20. The van der Waals surface area contributed by atoms with Gasteiger partial charge in [0.2, 0.25) is 0 Å². The minimum absolute atomic E-state index is 0.0683. The van der Waals surface area contributed by atoms with Crippen molar-refractivity contribution in [1.82, 2.24) is 14.4 Å². The summed E-state index contributed by atoms with van der Waals surface area (Å²) in [6.45, 7) is 6.46. The predicted octanol–water partition coefficient (Wildman–Crippen LogP) is 3.28. The number of hydrogen-bond acceptors (Lipinski definition) is 7. The van der Waals surface area contributed by atoms with Crippen molar-refractivity contribution in [1.29, 1.82) is 0 Å². The Labute approximate surface area is 215 Å². The Morgan fingerprint density at radius 1 is 1.11 bits per heavy atom. The number of nitrogens with zero attached hydrogens (tertiary/aromatic N) is 4. The summed E-state index contributed by atoms with van der Waals surface area (Å²) in [4.78, 5) is 34.1. The maximum Gasteiger partial charge on any atom is 0.266 e. The number of fused-ring (bicyclic) bond motifs is 1. The second-order valence-corrected chi connectivity index (χ2v) is 11.0. The van der Waals surface area contributed by atoms with Crippen LogP contribution in [0.2, 0.25) is 0 Å². The van der Waals surface area contributed by atoms with Crippen LogP contribution in [0.4, 0.5) is 5.69 Å². The number of benzene rings is 1. The molecule has 3 aliphatic rings. The van der Waals surface area contributed by atoms with Crippen LogP contribution in [0.1, 0.15) is 38.2 Å². The number of aryl methyl sites for hydroxylation is 1. The van der Waals surface area contributed by atoms with E-state index in [9.17, 15) is 14.7 Å². The summed E-state index contributed by atoms with van der Waals surface area (Å²) < 4.78 is 2.40. The van der Waals surface area contributed by atoms with Crippen molar-refractivity contribution in [3.05, 3.63) is 45.1 Å². The summed E-state index contributed by atoms with van der Waals surface area (Å²) in [6.07, 6.45) is 6.02. The molecule has 1 saturated carbocycles. The van der Waals surface area contributed by atoms with Crippen molar-refractivity contribution in [2.75, 3.05) is 44.2 Å². The van der Waals surface area contributed by atoms with E-state index >= 15 is 0 Å². The van der Waals surface area contributed by atoms with Gasteiger partial charge in [0, 0.05) is 50.7 Å². The molecule has 2 saturated heterocycles. The number of hydrogen-bond donors (Lipinski definition) is 1. The van der Waals surface area contributed by atoms with E-state index in [0.29, 0.717) is 27.9 Å². The fourth-order valence-corrected chi connectivity index (χ4v) is 7.00. The van der Waals surface area contributed by atoms with Gasteiger partial charge in [-0.3, -0.25) is 19.4 Å². The van der Waals surface area contributed by atoms with Crippen molar-refractivity contribution in [3.8, 4) is 0 Å². The van der Waals surface area contributed by atoms with Crippen LogP contribution < -0.4 is 10.5 Å². The van der Waals surface area contributed by atoms with E-state index in [1.807, 2.05) is 25.1 Å². The predicted molar refractivity (Wildman–Crippen MR) is 147 cm³/mol. The van der Waals surface area contributed by atoms with Crippen LogP contribution >= 0.6 is 24.0 Å². The van der Waals surface area contributed by atoms with Crippen LogP contribution in [0.25, 0.3) is 17.0 Å². The van der Waals surface area contributed by atoms with Crippen molar-refractivity contribution >= 4 is 56.9 Å². The summed E-state index contributed by atoms with van der Waals surface area (Å²) in [5, 5.41) is 10.3. The zero-order valence-electron chi connectivity index (χ0n) is 20.1. The maximum absolute atomic E-state index is 13.8. The summed E-state index contributed by atoms with van der Waals surface area (Å²) in [5.74, 6) is -0.0683. The van der Waals surface area contributed by atoms with E-state index in [-0.39, 0.29) is 24.1 Å². The highest BCUT2D eigenvalue weighted by Crippen LogP contribution is 2.39. The molecule has 1 amide bonds. The third kappa shape index (κ3) is 4.55. The second kappa shape index (κ2) is 10.4. The fraction of sp³-hybridized carbons (Fsp3) is 0.500. The first-order chi connectivity index (χ1) is 17.0. The molecule has 3 heterocycles. The molecule has 0 atom stereocenters. The molecule has 35 heavy (non-hydrogen) atoms. The molecule has 9 heteroatoms. The Morgan fingerprint density at radius 3 is 2.51 bits per heavy atom. The highest BCUT2D eigenvalue weighted by Gasteiger charge is 2.38. The molecule has 1 aliphatic carbocycles. The Kier molecular flexibility index (Phi) is 7.29. The number of β-amino-alcohol motifs (C(OH)–C–C–N with tert-alkyl or cyclic N) is 1. The van der Waals surface area contributed by atoms with E-state index in [1.54, 1.807) is 15.5 Å². The molecule has 0 bridgehead atoms. The molecular formula is C26H32N4O3S2. The number of carbonyl (C=O) groups is 1. The number of thiocarbonyl (C=S) groups is 1. The number of anilines is 1. The van der Waals surface area contributed by atoms with Crippen molar-refractivity contribution < 1.29 is 9.90 Å². The zero-order valence-corrected chi connectivity index (χ0v) is 21.7. The highest BCUT2D eigenvalue weighted by atomic mass is 32.2. The van der Waals surface area contributed by atoms with Gasteiger partial charge < -0.3 is 14.6 Å². The molecule has 7 nitrogen and oxygen atoms in total. The number of para-hydroxylation sites is 1. The topological polar surface area (TPSA) is 69.0 Å². The quantitative estimate of drug-likeness (QED) is 0.471. The molecule has 1 aromatic carbocycles. The van der Waals surface area contributed by atoms with E-state index in [4.69, 9.17) is 12.2 Å². The number of aliphatic hydroxyl groups is 1. The minimum Gasteiger partial charge on any atom is -0.395 e. The van der Waals surface area contributed by atoms with Crippen LogP contribution in [-0.4, -0.2) is 75.1 Å². The van der Waals surface area contributed by atoms with E-state index in [2.05, 4.69) is 15.9 Å². The lowest BCUT2D eigenvalue weighted by Crippen LogP contribution is -2.48. The number of rotatable bonds is 6. The first-order valence-electron chi connectivity index (χ1n) is 12.5. The molecule has 5 rings (SSSR count). The Balaban J connectivity index is 1.61. The number of thioether (sulfide) groups is 1. The average molecular weight is 513 g/mol. The molecule has 0 spiro atoms. The number of piperazine rings is 1. The fourth-order valence-electron chi connectivity index (χ4n) is 5.62. The van der Waals surface area contributed by atoms with Crippen LogP contribution in [0.3, 0.4) is 0 Å². The monoisotopic (exact) mass is 512 g/mol. The van der Waals surface area contributed by atoms with Gasteiger partial charge in [-0.05, 0) is 31.9 Å². The summed E-state index contributed by atoms with van der Waals surface area (Å²) >= 11 is 6.93. The molecular weight excluding hydrogens is 480 g/mol. The lowest BCUT2D eigenvalue weighted by molar-refractivity contribution is -0.123. The molecule has 0 radical (unpaired) electrons. The Bertz CT molecular complexity index is 1230. The number of amides is 1. The van der Waals surface area contributed by atoms with Crippen molar-refractivity contribution in [2.45, 2.75) is 45.2 Å². The van der Waals surface area contributed by atoms with Crippen LogP contribution in [0.15, 0.2) is 34.0 Å². The largest absolute Gasteiger partial charge is 0.395 e. The first-order valence-corrected chi connectivity index (χ1v) is 13.8. The maximum atomic E-state index is 13.8. The standard InChI is InChI=1S/C26H32N4O3S2/c1-2-29-21-10-6-5-9-19(21)23(28-13-11-27(12-14-28)15-16-31)20(24(29)32)17-22-25(33)30(26(34)35-22)18-7-3-4-8-18/h5-6,9-10,17-18,31H,2-4,7-8,11-16H2,1H3. The van der Waals surface area contributed by atoms with Gasteiger partial charge in [-0.1, -0.05) is 55.0 Å². The minimum atomic E-state index is -0.0786. The molecule has 0 unspecified atom stereocenters. The van der Waals surface area contributed by atoms with Gasteiger partial charge in [0.15, 0.2) is 0 Å². The number of aliphatic hydroxyl groups excluding tert-OH is 1. The van der Waals surface area contributed by atoms with E-state index < -0.39 is 0 Å². The SMILES string of the molecule is CCn1c(=O)c(C=C2SC(=S)N(C3CCCC3)C2=O)c(N2CCN(CCO)CC2)c2ccccc21. The second-order valence-electron chi connectivity index (χ2n) is 9.37. The summed E-state index contributed by atoms with van der Waals surface area (Å²) in [7, 11) is 0. The van der Waals surface area contributed by atoms with Crippen molar-refractivity contribution in [2.24, 2.45) is 0 Å². The zero-order chi connectivity index (χ0) is 24.5. The Hall–Kier alpha value is -2.20. The van der Waals surface area contributed by atoms with Gasteiger partial charge in [0.05, 0.1) is 28.3 Å². The molecule has 2 aromatic rings. The smallest absolute Gasteiger partial charge is 0.266 e.